The maximum absolute atomic E-state index is 5.96. The Hall–Kier alpha value is -0.940. The average Bonchev–Trinajstić information content (AvgIpc) is 2.45. The summed E-state index contributed by atoms with van der Waals surface area (Å²) in [5, 5.41) is 0. The van der Waals surface area contributed by atoms with Gasteiger partial charge in [0.25, 0.3) is 0 Å². The van der Waals surface area contributed by atoms with Crippen LogP contribution in [0.2, 0.25) is 0 Å². The van der Waals surface area contributed by atoms with Gasteiger partial charge in [0.05, 0.1) is 19.8 Å². The fourth-order valence-electron chi connectivity index (χ4n) is 2.06. The molecule has 1 aromatic rings. The lowest BCUT2D eigenvalue weighted by atomic mass is 10.2. The Morgan fingerprint density at radius 1 is 1.22 bits per heavy atom. The lowest BCUT2D eigenvalue weighted by molar-refractivity contribution is 0.0216. The molecule has 1 fully saturated rings. The first-order valence-corrected chi connectivity index (χ1v) is 6.58. The molecule has 0 saturated carbocycles. The Morgan fingerprint density at radius 2 is 1.94 bits per heavy atom. The number of nitrogens with zero attached hydrogens (tertiary/aromatic N) is 1. The van der Waals surface area contributed by atoms with Crippen molar-refractivity contribution in [3.63, 3.8) is 0 Å². The van der Waals surface area contributed by atoms with Crippen LogP contribution in [0.25, 0.3) is 0 Å². The van der Waals surface area contributed by atoms with Crippen molar-refractivity contribution in [3.05, 3.63) is 35.9 Å². The lowest BCUT2D eigenvalue weighted by Crippen LogP contribution is -2.37. The van der Waals surface area contributed by atoms with Crippen LogP contribution in [0.1, 0.15) is 18.2 Å². The standard InChI is InChI=1S/C14H22N2O2/c15-14(13-5-2-1-3-6-13)18-10-4-7-16-8-11-17-12-9-16/h1-3,5-6,14H,4,7-12,15H2. The zero-order valence-electron chi connectivity index (χ0n) is 10.8. The fraction of sp³-hybridized carbons (Fsp3) is 0.571. The van der Waals surface area contributed by atoms with Gasteiger partial charge in [-0.25, -0.2) is 0 Å². The van der Waals surface area contributed by atoms with Crippen LogP contribution >= 0.6 is 0 Å². The summed E-state index contributed by atoms with van der Waals surface area (Å²) in [5.74, 6) is 0. The van der Waals surface area contributed by atoms with Gasteiger partial charge in [-0.1, -0.05) is 30.3 Å². The van der Waals surface area contributed by atoms with E-state index in [-0.39, 0.29) is 6.23 Å². The summed E-state index contributed by atoms with van der Waals surface area (Å²) in [6.07, 6.45) is 0.705. The molecule has 4 heteroatoms. The van der Waals surface area contributed by atoms with Crippen LogP contribution in [-0.4, -0.2) is 44.4 Å². The molecule has 0 spiro atoms. The Morgan fingerprint density at radius 3 is 2.67 bits per heavy atom. The van der Waals surface area contributed by atoms with E-state index in [9.17, 15) is 0 Å². The number of ether oxygens (including phenoxy) is 2. The van der Waals surface area contributed by atoms with Crippen molar-refractivity contribution in [2.75, 3.05) is 39.5 Å². The first-order chi connectivity index (χ1) is 8.86. The third-order valence-electron chi connectivity index (χ3n) is 3.15. The van der Waals surface area contributed by atoms with Gasteiger partial charge in [-0.2, -0.15) is 0 Å². The van der Waals surface area contributed by atoms with Crippen LogP contribution < -0.4 is 5.73 Å². The molecule has 1 unspecified atom stereocenters. The van der Waals surface area contributed by atoms with Gasteiger partial charge in [-0.3, -0.25) is 4.90 Å². The van der Waals surface area contributed by atoms with Crippen molar-refractivity contribution in [2.24, 2.45) is 5.73 Å². The van der Waals surface area contributed by atoms with Gasteiger partial charge < -0.3 is 15.2 Å². The minimum Gasteiger partial charge on any atom is -0.379 e. The summed E-state index contributed by atoms with van der Waals surface area (Å²) in [5.41, 5.74) is 6.99. The molecule has 4 nitrogen and oxygen atoms in total. The Kier molecular flexibility index (Phi) is 5.61. The van der Waals surface area contributed by atoms with E-state index in [1.807, 2.05) is 30.3 Å². The number of morpholine rings is 1. The van der Waals surface area contributed by atoms with Gasteiger partial charge >= 0.3 is 0 Å². The van der Waals surface area contributed by atoms with Crippen LogP contribution in [-0.2, 0) is 9.47 Å². The van der Waals surface area contributed by atoms with Crippen molar-refractivity contribution in [1.29, 1.82) is 0 Å². The topological polar surface area (TPSA) is 47.7 Å². The molecule has 1 aliphatic rings. The van der Waals surface area contributed by atoms with E-state index in [0.29, 0.717) is 6.61 Å². The summed E-state index contributed by atoms with van der Waals surface area (Å²) in [6, 6.07) is 9.92. The number of hydrogen-bond acceptors (Lipinski definition) is 4. The van der Waals surface area contributed by atoms with Gasteiger partial charge in [-0.15, -0.1) is 0 Å². The average molecular weight is 250 g/mol. The molecule has 18 heavy (non-hydrogen) atoms. The van der Waals surface area contributed by atoms with E-state index in [2.05, 4.69) is 4.90 Å². The molecule has 1 aliphatic heterocycles. The van der Waals surface area contributed by atoms with Crippen molar-refractivity contribution >= 4 is 0 Å². The number of benzene rings is 1. The van der Waals surface area contributed by atoms with Crippen LogP contribution in [0.15, 0.2) is 30.3 Å². The summed E-state index contributed by atoms with van der Waals surface area (Å²) in [4.78, 5) is 2.40. The van der Waals surface area contributed by atoms with Gasteiger partial charge in [0, 0.05) is 19.6 Å². The van der Waals surface area contributed by atoms with Crippen LogP contribution in [0.4, 0.5) is 0 Å². The number of rotatable bonds is 6. The zero-order chi connectivity index (χ0) is 12.6. The Bertz CT molecular complexity index is 326. The third-order valence-corrected chi connectivity index (χ3v) is 3.15. The van der Waals surface area contributed by atoms with Crippen molar-refractivity contribution in [1.82, 2.24) is 4.90 Å². The molecule has 0 aliphatic carbocycles. The predicted octanol–water partition coefficient (Wildman–Crippen LogP) is 1.38. The molecular weight excluding hydrogens is 228 g/mol. The van der Waals surface area contributed by atoms with Crippen LogP contribution in [0.5, 0.6) is 0 Å². The van der Waals surface area contributed by atoms with E-state index in [1.165, 1.54) is 0 Å². The molecule has 0 amide bonds. The monoisotopic (exact) mass is 250 g/mol. The minimum absolute atomic E-state index is 0.309. The predicted molar refractivity (Wildman–Crippen MR) is 71.2 cm³/mol. The van der Waals surface area contributed by atoms with Crippen molar-refractivity contribution < 1.29 is 9.47 Å². The van der Waals surface area contributed by atoms with E-state index in [0.717, 1.165) is 44.8 Å². The van der Waals surface area contributed by atoms with E-state index in [1.54, 1.807) is 0 Å². The third kappa shape index (κ3) is 4.38. The molecule has 1 aromatic carbocycles. The normalized spacial score (nSPS) is 18.7. The molecule has 1 atom stereocenters. The molecule has 100 valence electrons. The molecule has 1 saturated heterocycles. The maximum Gasteiger partial charge on any atom is 0.131 e. The summed E-state index contributed by atoms with van der Waals surface area (Å²) >= 11 is 0. The molecule has 0 radical (unpaired) electrons. The second-order valence-corrected chi connectivity index (χ2v) is 4.51. The molecule has 2 N–H and O–H groups in total. The second kappa shape index (κ2) is 7.48. The van der Waals surface area contributed by atoms with Crippen molar-refractivity contribution in [3.8, 4) is 0 Å². The zero-order valence-corrected chi connectivity index (χ0v) is 10.8. The van der Waals surface area contributed by atoms with Crippen LogP contribution in [0.3, 0.4) is 0 Å². The largest absolute Gasteiger partial charge is 0.379 e. The molecule has 0 bridgehead atoms. The first-order valence-electron chi connectivity index (χ1n) is 6.58. The number of hydrogen-bond donors (Lipinski definition) is 1. The molecule has 2 rings (SSSR count). The van der Waals surface area contributed by atoms with Gasteiger partial charge in [0.2, 0.25) is 0 Å². The summed E-state index contributed by atoms with van der Waals surface area (Å²) in [6.45, 7) is 5.53. The highest BCUT2D eigenvalue weighted by molar-refractivity contribution is 5.16. The quantitative estimate of drug-likeness (QED) is 0.612. The highest BCUT2D eigenvalue weighted by Crippen LogP contribution is 2.11. The van der Waals surface area contributed by atoms with E-state index < -0.39 is 0 Å². The Labute approximate surface area is 109 Å². The van der Waals surface area contributed by atoms with Gasteiger partial charge in [0.15, 0.2) is 0 Å². The van der Waals surface area contributed by atoms with Gasteiger partial charge in [0.1, 0.15) is 6.23 Å². The number of nitrogens with two attached hydrogens (primary N) is 1. The summed E-state index contributed by atoms with van der Waals surface area (Å²) < 4.78 is 10.9. The van der Waals surface area contributed by atoms with E-state index >= 15 is 0 Å². The van der Waals surface area contributed by atoms with Crippen LogP contribution in [0, 0.1) is 0 Å². The minimum atomic E-state index is -0.309. The highest BCUT2D eigenvalue weighted by atomic mass is 16.5. The SMILES string of the molecule is NC(OCCCN1CCOCC1)c1ccccc1. The van der Waals surface area contributed by atoms with Crippen molar-refractivity contribution in [2.45, 2.75) is 12.6 Å². The first kappa shape index (κ1) is 13.5. The van der Waals surface area contributed by atoms with E-state index in [4.69, 9.17) is 15.2 Å². The highest BCUT2D eigenvalue weighted by Gasteiger charge is 2.10. The Balaban J connectivity index is 1.60. The lowest BCUT2D eigenvalue weighted by Gasteiger charge is -2.26. The molecular formula is C14H22N2O2. The van der Waals surface area contributed by atoms with Gasteiger partial charge in [-0.05, 0) is 12.0 Å². The second-order valence-electron chi connectivity index (χ2n) is 4.51. The molecule has 0 aromatic heterocycles. The fourth-order valence-corrected chi connectivity index (χ4v) is 2.06. The molecule has 1 heterocycles. The summed E-state index contributed by atoms with van der Waals surface area (Å²) in [7, 11) is 0. The smallest absolute Gasteiger partial charge is 0.131 e. The maximum atomic E-state index is 5.96.